The highest BCUT2D eigenvalue weighted by Gasteiger charge is 2.09. The van der Waals surface area contributed by atoms with Gasteiger partial charge < -0.3 is 5.11 Å². The third-order valence-electron chi connectivity index (χ3n) is 3.09. The molecule has 0 saturated carbocycles. The van der Waals surface area contributed by atoms with Gasteiger partial charge in [-0.05, 0) is 44.1 Å². The van der Waals surface area contributed by atoms with Gasteiger partial charge in [0, 0.05) is 17.1 Å². The number of unbranched alkanes of at least 4 members (excludes halogenated alkanes) is 2. The van der Waals surface area contributed by atoms with Crippen LogP contribution in [0.2, 0.25) is 5.02 Å². The van der Waals surface area contributed by atoms with Crippen LogP contribution in [0.15, 0.2) is 18.2 Å². The second kappa shape index (κ2) is 8.39. The number of phenols is 1. The van der Waals surface area contributed by atoms with E-state index in [2.05, 4.69) is 18.7 Å². The lowest BCUT2D eigenvalue weighted by Crippen LogP contribution is -2.25. The summed E-state index contributed by atoms with van der Waals surface area (Å²) in [5.74, 6) is 0.345. The highest BCUT2D eigenvalue weighted by atomic mass is 35.5. The third-order valence-corrected chi connectivity index (χ3v) is 3.33. The lowest BCUT2D eigenvalue weighted by Gasteiger charge is -2.22. The van der Waals surface area contributed by atoms with Crippen molar-refractivity contribution in [2.45, 2.75) is 46.1 Å². The molecule has 0 spiro atoms. The Morgan fingerprint density at radius 3 is 2.28 bits per heavy atom. The molecule has 1 aromatic rings. The van der Waals surface area contributed by atoms with E-state index in [0.29, 0.717) is 10.8 Å². The number of phenolic OH excluding ortho intramolecular Hbond substituents is 1. The molecule has 0 unspecified atom stereocenters. The van der Waals surface area contributed by atoms with Crippen LogP contribution < -0.4 is 0 Å². The Morgan fingerprint density at radius 2 is 1.72 bits per heavy atom. The number of hydrogen-bond donors (Lipinski definition) is 1. The zero-order valence-electron chi connectivity index (χ0n) is 11.5. The summed E-state index contributed by atoms with van der Waals surface area (Å²) < 4.78 is 0. The van der Waals surface area contributed by atoms with Crippen LogP contribution in [0.4, 0.5) is 0 Å². The van der Waals surface area contributed by atoms with Crippen LogP contribution in [-0.2, 0) is 6.54 Å². The molecule has 0 fully saturated rings. The standard InChI is InChI=1S/C15H24ClNO/c1-3-5-9-17(10-6-4-2)12-13-11-14(16)7-8-15(13)18/h7-8,11,18H,3-6,9-10,12H2,1-2H3. The van der Waals surface area contributed by atoms with Gasteiger partial charge >= 0.3 is 0 Å². The van der Waals surface area contributed by atoms with Gasteiger partial charge in [-0.1, -0.05) is 38.3 Å². The van der Waals surface area contributed by atoms with Crippen molar-refractivity contribution in [3.8, 4) is 5.75 Å². The Balaban J connectivity index is 2.65. The highest BCUT2D eigenvalue weighted by Crippen LogP contribution is 2.23. The topological polar surface area (TPSA) is 23.5 Å². The number of benzene rings is 1. The highest BCUT2D eigenvalue weighted by molar-refractivity contribution is 6.30. The molecular formula is C15H24ClNO. The number of halogens is 1. The van der Waals surface area contributed by atoms with E-state index in [9.17, 15) is 5.11 Å². The normalized spacial score (nSPS) is 11.1. The molecule has 0 amide bonds. The first kappa shape index (κ1) is 15.3. The van der Waals surface area contributed by atoms with Crippen LogP contribution in [0, 0.1) is 0 Å². The molecule has 0 aromatic heterocycles. The molecule has 18 heavy (non-hydrogen) atoms. The summed E-state index contributed by atoms with van der Waals surface area (Å²) in [6.45, 7) is 7.36. The first-order chi connectivity index (χ1) is 8.67. The maximum atomic E-state index is 9.85. The van der Waals surface area contributed by atoms with Crippen molar-refractivity contribution >= 4 is 11.6 Å². The SMILES string of the molecule is CCCCN(CCCC)Cc1cc(Cl)ccc1O. The van der Waals surface area contributed by atoms with Gasteiger partial charge in [0.05, 0.1) is 0 Å². The van der Waals surface area contributed by atoms with Crippen molar-refractivity contribution in [2.24, 2.45) is 0 Å². The van der Waals surface area contributed by atoms with Crippen LogP contribution in [0.3, 0.4) is 0 Å². The van der Waals surface area contributed by atoms with Gasteiger partial charge in [-0.25, -0.2) is 0 Å². The van der Waals surface area contributed by atoms with E-state index in [1.165, 1.54) is 25.7 Å². The zero-order chi connectivity index (χ0) is 13.4. The van der Waals surface area contributed by atoms with E-state index >= 15 is 0 Å². The van der Waals surface area contributed by atoms with Crippen molar-refractivity contribution in [3.63, 3.8) is 0 Å². The fourth-order valence-electron chi connectivity index (χ4n) is 1.95. The number of nitrogens with zero attached hydrogens (tertiary/aromatic N) is 1. The van der Waals surface area contributed by atoms with E-state index in [0.717, 1.165) is 25.2 Å². The molecule has 3 heteroatoms. The van der Waals surface area contributed by atoms with E-state index in [1.807, 2.05) is 6.07 Å². The van der Waals surface area contributed by atoms with Crippen molar-refractivity contribution in [2.75, 3.05) is 13.1 Å². The molecule has 2 nitrogen and oxygen atoms in total. The summed E-state index contributed by atoms with van der Waals surface area (Å²) in [4.78, 5) is 2.40. The molecule has 0 bridgehead atoms. The molecule has 0 heterocycles. The predicted octanol–water partition coefficient (Wildman–Crippen LogP) is 4.45. The lowest BCUT2D eigenvalue weighted by molar-refractivity contribution is 0.254. The molecule has 0 radical (unpaired) electrons. The van der Waals surface area contributed by atoms with Crippen LogP contribution in [0.1, 0.15) is 45.1 Å². The fraction of sp³-hybridized carbons (Fsp3) is 0.600. The maximum absolute atomic E-state index is 9.85. The maximum Gasteiger partial charge on any atom is 0.120 e. The van der Waals surface area contributed by atoms with Gasteiger partial charge in [-0.2, -0.15) is 0 Å². The average molecular weight is 270 g/mol. The minimum absolute atomic E-state index is 0.345. The molecule has 0 aliphatic rings. The lowest BCUT2D eigenvalue weighted by atomic mass is 10.1. The number of rotatable bonds is 8. The predicted molar refractivity (Wildman–Crippen MR) is 78.2 cm³/mol. The average Bonchev–Trinajstić information content (AvgIpc) is 2.37. The van der Waals surface area contributed by atoms with Gasteiger partial charge in [0.1, 0.15) is 5.75 Å². The Bertz CT molecular complexity index is 346. The van der Waals surface area contributed by atoms with Crippen molar-refractivity contribution in [1.82, 2.24) is 4.90 Å². The quantitative estimate of drug-likeness (QED) is 0.754. The molecule has 1 N–H and O–H groups in total. The van der Waals surface area contributed by atoms with Crippen molar-refractivity contribution in [1.29, 1.82) is 0 Å². The zero-order valence-corrected chi connectivity index (χ0v) is 12.2. The second-order valence-electron chi connectivity index (χ2n) is 4.76. The van der Waals surface area contributed by atoms with E-state index < -0.39 is 0 Å². The van der Waals surface area contributed by atoms with Crippen LogP contribution >= 0.6 is 11.6 Å². The van der Waals surface area contributed by atoms with Crippen molar-refractivity contribution in [3.05, 3.63) is 28.8 Å². The van der Waals surface area contributed by atoms with Gasteiger partial charge in [0.25, 0.3) is 0 Å². The molecule has 0 atom stereocenters. The van der Waals surface area contributed by atoms with Gasteiger partial charge in [0.15, 0.2) is 0 Å². The Labute approximate surface area is 116 Å². The van der Waals surface area contributed by atoms with Crippen LogP contribution in [0.25, 0.3) is 0 Å². The molecule has 1 aromatic carbocycles. The van der Waals surface area contributed by atoms with Gasteiger partial charge in [0.2, 0.25) is 0 Å². The van der Waals surface area contributed by atoms with Crippen LogP contribution in [-0.4, -0.2) is 23.1 Å². The summed E-state index contributed by atoms with van der Waals surface area (Å²) in [5.41, 5.74) is 0.926. The molecular weight excluding hydrogens is 246 g/mol. The Morgan fingerprint density at radius 1 is 1.11 bits per heavy atom. The van der Waals surface area contributed by atoms with Crippen molar-refractivity contribution < 1.29 is 5.11 Å². The van der Waals surface area contributed by atoms with Crippen LogP contribution in [0.5, 0.6) is 5.75 Å². The van der Waals surface area contributed by atoms with Gasteiger partial charge in [-0.15, -0.1) is 0 Å². The summed E-state index contributed by atoms with van der Waals surface area (Å²) in [6, 6.07) is 5.26. The number of aromatic hydroxyl groups is 1. The summed E-state index contributed by atoms with van der Waals surface area (Å²) in [5, 5.41) is 10.5. The molecule has 1 rings (SSSR count). The summed E-state index contributed by atoms with van der Waals surface area (Å²) >= 11 is 5.98. The third kappa shape index (κ3) is 5.28. The first-order valence-electron chi connectivity index (χ1n) is 6.87. The largest absolute Gasteiger partial charge is 0.508 e. The summed E-state index contributed by atoms with van der Waals surface area (Å²) in [6.07, 6.45) is 4.80. The fourth-order valence-corrected chi connectivity index (χ4v) is 2.15. The van der Waals surface area contributed by atoms with E-state index in [-0.39, 0.29) is 0 Å². The minimum Gasteiger partial charge on any atom is -0.508 e. The summed E-state index contributed by atoms with van der Waals surface area (Å²) in [7, 11) is 0. The first-order valence-corrected chi connectivity index (χ1v) is 7.25. The Kier molecular flexibility index (Phi) is 7.14. The van der Waals surface area contributed by atoms with Gasteiger partial charge in [-0.3, -0.25) is 4.90 Å². The van der Waals surface area contributed by atoms with E-state index in [1.54, 1.807) is 12.1 Å². The smallest absolute Gasteiger partial charge is 0.120 e. The molecule has 0 aliphatic heterocycles. The second-order valence-corrected chi connectivity index (χ2v) is 5.19. The molecule has 0 saturated heterocycles. The minimum atomic E-state index is 0.345. The molecule has 0 aliphatic carbocycles. The van der Waals surface area contributed by atoms with E-state index in [4.69, 9.17) is 11.6 Å². The molecule has 102 valence electrons. The monoisotopic (exact) mass is 269 g/mol. The Hall–Kier alpha value is -0.730. The number of hydrogen-bond acceptors (Lipinski definition) is 2.